The zero-order valence-corrected chi connectivity index (χ0v) is 19.9. The molecule has 16 heteroatoms. The molecule has 0 spiro atoms. The van der Waals surface area contributed by atoms with Crippen LogP contribution in [-0.4, -0.2) is 33.7 Å². The number of hydrogen-bond donors (Lipinski definition) is 2. The maximum absolute atomic E-state index is 13.1. The first kappa shape index (κ1) is 28.6. The van der Waals surface area contributed by atoms with Gasteiger partial charge in [-0.3, -0.25) is 0 Å². The van der Waals surface area contributed by atoms with Gasteiger partial charge in [-0.15, -0.1) is 0 Å². The molecule has 40 heavy (non-hydrogen) atoms. The summed E-state index contributed by atoms with van der Waals surface area (Å²) in [5.41, 5.74) is -1.45. The minimum absolute atomic E-state index is 0.0336. The number of halogens is 9. The van der Waals surface area contributed by atoms with Crippen molar-refractivity contribution < 1.29 is 44.3 Å². The van der Waals surface area contributed by atoms with Crippen LogP contribution in [0.5, 0.6) is 0 Å². The first-order valence-electron chi connectivity index (χ1n) is 11.3. The number of nitrogens with zero attached hydrogens (tertiary/aromatic N) is 4. The fraction of sp³-hybridized carbons (Fsp3) is 0.250. The molecule has 0 aliphatic carbocycles. The average molecular weight is 576 g/mol. The molecule has 0 atom stereocenters. The number of carbonyl (C=O) groups is 1. The van der Waals surface area contributed by atoms with Gasteiger partial charge in [0.2, 0.25) is 0 Å². The topological polar surface area (TPSA) is 82.5 Å². The van der Waals surface area contributed by atoms with Gasteiger partial charge in [0.25, 0.3) is 0 Å². The number of fused-ring (bicyclic) bond motifs is 1. The van der Waals surface area contributed by atoms with Crippen LogP contribution in [0.2, 0.25) is 0 Å². The predicted molar refractivity (Wildman–Crippen MR) is 123 cm³/mol. The zero-order chi connectivity index (χ0) is 29.3. The maximum Gasteiger partial charge on any atom is 0.416 e. The Labute approximate surface area is 219 Å². The summed E-state index contributed by atoms with van der Waals surface area (Å²) in [5, 5.41) is 6.27. The Morgan fingerprint density at radius 3 is 2.15 bits per heavy atom. The van der Waals surface area contributed by atoms with Crippen molar-refractivity contribution in [1.82, 2.24) is 20.3 Å². The number of anilines is 2. The number of nitrogens with one attached hydrogen (secondary N) is 2. The summed E-state index contributed by atoms with van der Waals surface area (Å²) in [7, 11) is 0. The van der Waals surface area contributed by atoms with Crippen LogP contribution < -0.4 is 10.7 Å². The lowest BCUT2D eigenvalue weighted by Crippen LogP contribution is -2.41. The van der Waals surface area contributed by atoms with Gasteiger partial charge in [0.05, 0.1) is 35.1 Å². The minimum atomic E-state index is -5.05. The maximum atomic E-state index is 13.1. The highest BCUT2D eigenvalue weighted by atomic mass is 19.4. The van der Waals surface area contributed by atoms with Crippen LogP contribution in [-0.2, 0) is 31.5 Å². The molecule has 0 radical (unpaired) electrons. The van der Waals surface area contributed by atoms with Crippen LogP contribution in [0, 0.1) is 0 Å². The Hall–Kier alpha value is -4.37. The number of urea groups is 1. The molecule has 1 aromatic heterocycles. The molecule has 1 aliphatic rings. The molecule has 0 fully saturated rings. The van der Waals surface area contributed by atoms with Crippen molar-refractivity contribution in [2.45, 2.75) is 31.5 Å². The van der Waals surface area contributed by atoms with Gasteiger partial charge in [-0.25, -0.2) is 20.2 Å². The minimum Gasteiger partial charge on any atom is -0.340 e. The second kappa shape index (κ2) is 10.7. The summed E-state index contributed by atoms with van der Waals surface area (Å²) >= 11 is 0. The standard InChI is InChI=1S/C24H17F9N6O/c25-22(26,27)14-2-1-3-17(9-14)37-20-18-11-39(5-4-19(18)34-12-35-20)21(40)38-36-10-13-6-15(23(28,29)30)8-16(7-13)24(31,32)33/h1-3,6-10,12H,4-5,11H2,(H,38,40)(H,34,35,37)/b36-10+. The lowest BCUT2D eigenvalue weighted by atomic mass is 10.1. The van der Waals surface area contributed by atoms with Gasteiger partial charge in [-0.05, 0) is 42.0 Å². The van der Waals surface area contributed by atoms with Gasteiger partial charge in [-0.2, -0.15) is 44.6 Å². The molecule has 3 aromatic rings. The lowest BCUT2D eigenvalue weighted by Gasteiger charge is -2.28. The van der Waals surface area contributed by atoms with Gasteiger partial charge in [0.15, 0.2) is 0 Å². The molecule has 0 saturated heterocycles. The summed E-state index contributed by atoms with van der Waals surface area (Å²) < 4.78 is 117. The second-order valence-corrected chi connectivity index (χ2v) is 8.54. The Kier molecular flexibility index (Phi) is 7.63. The molecule has 2 N–H and O–H groups in total. The van der Waals surface area contributed by atoms with Crippen molar-refractivity contribution in [3.05, 3.63) is 82.3 Å². The highest BCUT2D eigenvalue weighted by Crippen LogP contribution is 2.36. The van der Waals surface area contributed by atoms with E-state index in [9.17, 15) is 44.3 Å². The summed E-state index contributed by atoms with van der Waals surface area (Å²) in [5.74, 6) is 0.147. The first-order valence-corrected chi connectivity index (χ1v) is 11.3. The monoisotopic (exact) mass is 576 g/mol. The Balaban J connectivity index is 1.49. The van der Waals surface area contributed by atoms with Crippen LogP contribution in [0.15, 0.2) is 53.9 Å². The highest BCUT2D eigenvalue weighted by Gasteiger charge is 2.37. The third-order valence-corrected chi connectivity index (χ3v) is 5.73. The molecule has 2 amide bonds. The molecule has 0 bridgehead atoms. The second-order valence-electron chi connectivity index (χ2n) is 8.54. The molecule has 212 valence electrons. The molecule has 2 aromatic carbocycles. The van der Waals surface area contributed by atoms with E-state index in [0.717, 1.165) is 12.1 Å². The van der Waals surface area contributed by atoms with E-state index in [1.54, 1.807) is 0 Å². The van der Waals surface area contributed by atoms with Gasteiger partial charge < -0.3 is 10.2 Å². The van der Waals surface area contributed by atoms with Gasteiger partial charge in [0.1, 0.15) is 12.1 Å². The summed E-state index contributed by atoms with van der Waals surface area (Å²) in [6.45, 7) is 0.0107. The fourth-order valence-electron chi connectivity index (χ4n) is 3.82. The number of hydrazone groups is 1. The molecule has 0 unspecified atom stereocenters. The van der Waals surface area contributed by atoms with E-state index in [0.29, 0.717) is 29.6 Å². The van der Waals surface area contributed by atoms with Gasteiger partial charge in [-0.1, -0.05) is 6.07 Å². The number of alkyl halides is 9. The Morgan fingerprint density at radius 2 is 1.52 bits per heavy atom. The van der Waals surface area contributed by atoms with Crippen LogP contribution in [0.4, 0.5) is 55.8 Å². The largest absolute Gasteiger partial charge is 0.416 e. The number of aromatic nitrogens is 2. The molecule has 4 rings (SSSR count). The SMILES string of the molecule is O=C(N/N=C/c1cc(C(F)(F)F)cc(C(F)(F)F)c1)N1CCc2ncnc(Nc3cccc(C(F)(F)F)c3)c2C1. The van der Waals surface area contributed by atoms with Crippen molar-refractivity contribution >= 4 is 23.8 Å². The molecular weight excluding hydrogens is 559 g/mol. The van der Waals surface area contributed by atoms with Crippen molar-refractivity contribution in [3.63, 3.8) is 0 Å². The van der Waals surface area contributed by atoms with E-state index in [2.05, 4.69) is 20.4 Å². The molecule has 7 nitrogen and oxygen atoms in total. The quantitative estimate of drug-likeness (QED) is 0.215. The number of benzene rings is 2. The van der Waals surface area contributed by atoms with Gasteiger partial charge >= 0.3 is 24.6 Å². The summed E-state index contributed by atoms with van der Waals surface area (Å²) in [6, 6.07) is 4.41. The van der Waals surface area contributed by atoms with E-state index in [1.165, 1.54) is 23.4 Å². The van der Waals surface area contributed by atoms with E-state index >= 15 is 0 Å². The van der Waals surface area contributed by atoms with E-state index in [4.69, 9.17) is 0 Å². The normalized spacial score (nSPS) is 14.3. The van der Waals surface area contributed by atoms with E-state index in [-0.39, 0.29) is 37.1 Å². The Bertz CT molecular complexity index is 1400. The lowest BCUT2D eigenvalue weighted by molar-refractivity contribution is -0.143. The van der Waals surface area contributed by atoms with Crippen LogP contribution in [0.1, 0.15) is 33.5 Å². The third kappa shape index (κ3) is 6.79. The van der Waals surface area contributed by atoms with Crippen molar-refractivity contribution in [2.75, 3.05) is 11.9 Å². The molecule has 0 saturated carbocycles. The fourth-order valence-corrected chi connectivity index (χ4v) is 3.82. The summed E-state index contributed by atoms with van der Waals surface area (Å²) in [4.78, 5) is 22.0. The number of amides is 2. The molecule has 2 heterocycles. The summed E-state index contributed by atoms with van der Waals surface area (Å²) in [6.07, 6.45) is -12.6. The highest BCUT2D eigenvalue weighted by molar-refractivity contribution is 5.82. The predicted octanol–water partition coefficient (Wildman–Crippen LogP) is 6.38. The Morgan fingerprint density at radius 1 is 0.875 bits per heavy atom. The van der Waals surface area contributed by atoms with Gasteiger partial charge in [0, 0.05) is 24.2 Å². The van der Waals surface area contributed by atoms with Crippen LogP contribution >= 0.6 is 0 Å². The van der Waals surface area contributed by atoms with Crippen LogP contribution in [0.25, 0.3) is 0 Å². The van der Waals surface area contributed by atoms with Crippen LogP contribution in [0.3, 0.4) is 0 Å². The smallest absolute Gasteiger partial charge is 0.340 e. The first-order chi connectivity index (χ1) is 18.6. The van der Waals surface area contributed by atoms with Crippen molar-refractivity contribution in [2.24, 2.45) is 5.10 Å². The van der Waals surface area contributed by atoms with E-state index in [1.807, 2.05) is 5.43 Å². The number of carbonyl (C=O) groups excluding carboxylic acids is 1. The van der Waals surface area contributed by atoms with E-state index < -0.39 is 46.8 Å². The average Bonchev–Trinajstić information content (AvgIpc) is 2.87. The third-order valence-electron chi connectivity index (χ3n) is 5.73. The zero-order valence-electron chi connectivity index (χ0n) is 19.9. The molecular formula is C24H17F9N6O. The molecule has 1 aliphatic heterocycles. The van der Waals surface area contributed by atoms with Crippen molar-refractivity contribution in [3.8, 4) is 0 Å². The number of rotatable bonds is 4. The number of hydrogen-bond acceptors (Lipinski definition) is 5. The van der Waals surface area contributed by atoms with Crippen molar-refractivity contribution in [1.29, 1.82) is 0 Å².